The lowest BCUT2D eigenvalue weighted by atomic mass is 10.1. The Morgan fingerprint density at radius 1 is 1.22 bits per heavy atom. The van der Waals surface area contributed by atoms with Crippen molar-refractivity contribution in [1.29, 1.82) is 5.26 Å². The van der Waals surface area contributed by atoms with Gasteiger partial charge in [0.15, 0.2) is 0 Å². The number of rotatable bonds is 5. The minimum Gasteiger partial charge on any atom is -0.376 e. The third kappa shape index (κ3) is 4.73. The molecule has 0 aliphatic rings. The molecule has 118 valence electrons. The maximum absolute atomic E-state index is 12.2. The van der Waals surface area contributed by atoms with E-state index in [0.29, 0.717) is 29.1 Å². The smallest absolute Gasteiger partial charge is 0.224 e. The summed E-state index contributed by atoms with van der Waals surface area (Å²) in [5.41, 5.74) is 3.25. The number of nitrogens with one attached hydrogen (secondary N) is 1. The van der Waals surface area contributed by atoms with Gasteiger partial charge in [-0.3, -0.25) is 4.79 Å². The summed E-state index contributed by atoms with van der Waals surface area (Å²) >= 11 is 6.01. The molecule has 0 heterocycles. The number of aryl methyl sites for hydroxylation is 1. The number of carbonyl (C=O) groups is 1. The van der Waals surface area contributed by atoms with Crippen molar-refractivity contribution in [2.45, 2.75) is 12.8 Å². The third-order valence-electron chi connectivity index (χ3n) is 3.44. The first kappa shape index (κ1) is 16.9. The number of anilines is 2. The summed E-state index contributed by atoms with van der Waals surface area (Å²) < 4.78 is 0. The zero-order chi connectivity index (χ0) is 16.8. The Kier molecular flexibility index (Phi) is 5.61. The van der Waals surface area contributed by atoms with E-state index in [1.165, 1.54) is 0 Å². The predicted octanol–water partition coefficient (Wildman–Crippen LogP) is 3.85. The maximum Gasteiger partial charge on any atom is 0.224 e. The number of amides is 1. The molecule has 0 atom stereocenters. The van der Waals surface area contributed by atoms with E-state index < -0.39 is 0 Å². The van der Waals surface area contributed by atoms with Crippen LogP contribution in [0, 0.1) is 11.3 Å². The number of hydrogen-bond donors (Lipinski definition) is 1. The Hall–Kier alpha value is -2.51. The van der Waals surface area contributed by atoms with Crippen LogP contribution in [0.5, 0.6) is 0 Å². The summed E-state index contributed by atoms with van der Waals surface area (Å²) in [6, 6.07) is 14.8. The van der Waals surface area contributed by atoms with Crippen molar-refractivity contribution < 1.29 is 4.79 Å². The highest BCUT2D eigenvalue weighted by molar-refractivity contribution is 6.31. The summed E-state index contributed by atoms with van der Waals surface area (Å²) in [4.78, 5) is 14.1. The van der Waals surface area contributed by atoms with E-state index >= 15 is 0 Å². The van der Waals surface area contributed by atoms with Gasteiger partial charge in [0.1, 0.15) is 0 Å². The molecule has 1 amide bonds. The van der Waals surface area contributed by atoms with Gasteiger partial charge in [0, 0.05) is 25.5 Å². The second-order valence-corrected chi connectivity index (χ2v) is 5.85. The molecule has 0 unspecified atom stereocenters. The van der Waals surface area contributed by atoms with Crippen LogP contribution < -0.4 is 10.2 Å². The minimum absolute atomic E-state index is 0.0697. The fourth-order valence-corrected chi connectivity index (χ4v) is 2.39. The van der Waals surface area contributed by atoms with E-state index in [2.05, 4.69) is 11.4 Å². The van der Waals surface area contributed by atoms with Crippen LogP contribution >= 0.6 is 11.6 Å². The second kappa shape index (κ2) is 7.66. The quantitative estimate of drug-likeness (QED) is 0.907. The van der Waals surface area contributed by atoms with Gasteiger partial charge in [-0.2, -0.15) is 5.26 Å². The predicted molar refractivity (Wildman–Crippen MR) is 93.9 cm³/mol. The maximum atomic E-state index is 12.2. The van der Waals surface area contributed by atoms with Crippen LogP contribution in [0.2, 0.25) is 5.02 Å². The average Bonchev–Trinajstić information content (AvgIpc) is 2.53. The first-order valence-electron chi connectivity index (χ1n) is 7.25. The molecule has 23 heavy (non-hydrogen) atoms. The molecule has 0 aromatic heterocycles. The van der Waals surface area contributed by atoms with E-state index in [9.17, 15) is 4.79 Å². The lowest BCUT2D eigenvalue weighted by molar-refractivity contribution is -0.116. The van der Waals surface area contributed by atoms with Crippen molar-refractivity contribution in [2.24, 2.45) is 0 Å². The molecule has 0 spiro atoms. The van der Waals surface area contributed by atoms with E-state index in [4.69, 9.17) is 16.9 Å². The van der Waals surface area contributed by atoms with Gasteiger partial charge >= 0.3 is 0 Å². The van der Waals surface area contributed by atoms with E-state index in [1.807, 2.05) is 37.2 Å². The summed E-state index contributed by atoms with van der Waals surface area (Å²) in [6.07, 6.45) is 0.987. The normalized spacial score (nSPS) is 10.0. The number of carbonyl (C=O) groups excluding carboxylic acids is 1. The van der Waals surface area contributed by atoms with Gasteiger partial charge in [-0.05, 0) is 42.3 Å². The van der Waals surface area contributed by atoms with Gasteiger partial charge in [0.2, 0.25) is 5.91 Å². The number of halogens is 1. The van der Waals surface area contributed by atoms with Gasteiger partial charge < -0.3 is 10.2 Å². The third-order valence-corrected chi connectivity index (χ3v) is 3.67. The summed E-state index contributed by atoms with van der Waals surface area (Å²) in [5.74, 6) is -0.0697. The molecule has 4 nitrogen and oxygen atoms in total. The number of nitriles is 1. The Balaban J connectivity index is 1.99. The molecule has 0 saturated carbocycles. The second-order valence-electron chi connectivity index (χ2n) is 5.41. The van der Waals surface area contributed by atoms with Gasteiger partial charge in [0.05, 0.1) is 23.0 Å². The molecule has 0 radical (unpaired) electrons. The standard InChI is InChI=1S/C18H18ClN3O/c1-22(2)17-9-8-15(19)11-16(17)21-18(23)10-7-13-3-5-14(12-20)6-4-13/h3-6,8-9,11H,7,10H2,1-2H3,(H,21,23). The molecule has 2 aromatic rings. The molecule has 0 aliphatic carbocycles. The van der Waals surface area contributed by atoms with Crippen molar-refractivity contribution >= 4 is 28.9 Å². The highest BCUT2D eigenvalue weighted by Gasteiger charge is 2.09. The van der Waals surface area contributed by atoms with E-state index in [1.54, 1.807) is 24.3 Å². The van der Waals surface area contributed by atoms with Crippen LogP contribution in [-0.2, 0) is 11.2 Å². The Morgan fingerprint density at radius 3 is 2.52 bits per heavy atom. The van der Waals surface area contributed by atoms with Gasteiger partial charge in [0.25, 0.3) is 0 Å². The molecule has 0 bridgehead atoms. The Bertz CT molecular complexity index is 733. The van der Waals surface area contributed by atoms with Crippen LogP contribution in [0.15, 0.2) is 42.5 Å². The summed E-state index contributed by atoms with van der Waals surface area (Å²) in [7, 11) is 3.82. The number of nitrogens with zero attached hydrogens (tertiary/aromatic N) is 2. The lowest BCUT2D eigenvalue weighted by Crippen LogP contribution is -2.17. The number of hydrogen-bond acceptors (Lipinski definition) is 3. The van der Waals surface area contributed by atoms with Crippen LogP contribution in [0.3, 0.4) is 0 Å². The molecule has 5 heteroatoms. The van der Waals surface area contributed by atoms with Crippen LogP contribution in [0.4, 0.5) is 11.4 Å². The van der Waals surface area contributed by atoms with Crippen molar-refractivity contribution in [2.75, 3.05) is 24.3 Å². The Morgan fingerprint density at radius 2 is 1.91 bits per heavy atom. The van der Waals surface area contributed by atoms with Crippen LogP contribution in [0.1, 0.15) is 17.5 Å². The topological polar surface area (TPSA) is 56.1 Å². The van der Waals surface area contributed by atoms with Crippen molar-refractivity contribution in [3.8, 4) is 6.07 Å². The average molecular weight is 328 g/mol. The largest absolute Gasteiger partial charge is 0.376 e. The Labute approximate surface area is 141 Å². The highest BCUT2D eigenvalue weighted by atomic mass is 35.5. The molecule has 1 N–H and O–H groups in total. The van der Waals surface area contributed by atoms with Gasteiger partial charge in [-0.25, -0.2) is 0 Å². The fraction of sp³-hybridized carbons (Fsp3) is 0.222. The van der Waals surface area contributed by atoms with E-state index in [0.717, 1.165) is 11.3 Å². The molecule has 2 rings (SSSR count). The first-order valence-corrected chi connectivity index (χ1v) is 7.63. The molecular formula is C18H18ClN3O. The van der Waals surface area contributed by atoms with Crippen LogP contribution in [-0.4, -0.2) is 20.0 Å². The zero-order valence-corrected chi connectivity index (χ0v) is 13.9. The molecule has 0 fully saturated rings. The van der Waals surface area contributed by atoms with Crippen molar-refractivity contribution in [1.82, 2.24) is 0 Å². The zero-order valence-electron chi connectivity index (χ0n) is 13.1. The SMILES string of the molecule is CN(C)c1ccc(Cl)cc1NC(=O)CCc1ccc(C#N)cc1. The van der Waals surface area contributed by atoms with Gasteiger partial charge in [-0.1, -0.05) is 23.7 Å². The van der Waals surface area contributed by atoms with Crippen molar-refractivity contribution in [3.05, 3.63) is 58.6 Å². The molecular weight excluding hydrogens is 310 g/mol. The molecule has 0 aliphatic heterocycles. The van der Waals surface area contributed by atoms with Crippen molar-refractivity contribution in [3.63, 3.8) is 0 Å². The van der Waals surface area contributed by atoms with Crippen LogP contribution in [0.25, 0.3) is 0 Å². The first-order chi connectivity index (χ1) is 11.0. The highest BCUT2D eigenvalue weighted by Crippen LogP contribution is 2.28. The summed E-state index contributed by atoms with van der Waals surface area (Å²) in [5, 5.41) is 12.3. The molecule has 0 saturated heterocycles. The molecule has 2 aromatic carbocycles. The fourth-order valence-electron chi connectivity index (χ4n) is 2.21. The minimum atomic E-state index is -0.0697. The lowest BCUT2D eigenvalue weighted by Gasteiger charge is -2.18. The van der Waals surface area contributed by atoms with E-state index in [-0.39, 0.29) is 5.91 Å². The number of benzene rings is 2. The van der Waals surface area contributed by atoms with Gasteiger partial charge in [-0.15, -0.1) is 0 Å². The monoisotopic (exact) mass is 327 g/mol. The summed E-state index contributed by atoms with van der Waals surface area (Å²) in [6.45, 7) is 0.